The van der Waals surface area contributed by atoms with Gasteiger partial charge in [-0.05, 0) is 6.42 Å². The zero-order chi connectivity index (χ0) is 13.8. The van der Waals surface area contributed by atoms with Crippen molar-refractivity contribution in [1.29, 1.82) is 0 Å². The van der Waals surface area contributed by atoms with E-state index in [2.05, 4.69) is 16.5 Å². The van der Waals surface area contributed by atoms with Crippen molar-refractivity contribution in [1.82, 2.24) is 9.55 Å². The predicted octanol–water partition coefficient (Wildman–Crippen LogP) is 3.95. The molecule has 1 N–H and O–H groups in total. The highest BCUT2D eigenvalue weighted by atomic mass is 16.3. The number of nitrogens with zero attached hydrogens (tertiary/aromatic N) is 2. The van der Waals surface area contributed by atoms with Crippen LogP contribution in [0.1, 0.15) is 70.5 Å². The minimum atomic E-state index is 0.196. The molecule has 1 heterocycles. The minimum Gasteiger partial charge on any atom is -0.395 e. The van der Waals surface area contributed by atoms with Crippen molar-refractivity contribution < 1.29 is 5.11 Å². The number of hydrogen-bond donors (Lipinski definition) is 1. The summed E-state index contributed by atoms with van der Waals surface area (Å²) in [6.45, 7) is 3.13. The Kier molecular flexibility index (Phi) is 9.42. The first-order chi connectivity index (χ1) is 9.38. The van der Waals surface area contributed by atoms with E-state index in [9.17, 15) is 0 Å². The van der Waals surface area contributed by atoms with E-state index in [0.717, 1.165) is 12.2 Å². The molecule has 0 saturated heterocycles. The van der Waals surface area contributed by atoms with Crippen LogP contribution in [0.3, 0.4) is 0 Å². The third-order valence-corrected chi connectivity index (χ3v) is 3.65. The van der Waals surface area contributed by atoms with Crippen LogP contribution in [0, 0.1) is 0 Å². The van der Waals surface area contributed by atoms with Crippen LogP contribution in [-0.2, 0) is 13.0 Å². The average molecular weight is 266 g/mol. The van der Waals surface area contributed by atoms with Gasteiger partial charge >= 0.3 is 0 Å². The Balaban J connectivity index is 1.97. The summed E-state index contributed by atoms with van der Waals surface area (Å²) >= 11 is 0. The smallest absolute Gasteiger partial charge is 0.108 e. The van der Waals surface area contributed by atoms with Gasteiger partial charge < -0.3 is 9.67 Å². The molecule has 0 atom stereocenters. The molecule has 1 rings (SSSR count). The summed E-state index contributed by atoms with van der Waals surface area (Å²) in [5, 5.41) is 8.94. The Bertz CT molecular complexity index is 309. The van der Waals surface area contributed by atoms with Crippen LogP contribution in [-0.4, -0.2) is 21.3 Å². The van der Waals surface area contributed by atoms with Gasteiger partial charge in [0.15, 0.2) is 0 Å². The second-order valence-electron chi connectivity index (χ2n) is 5.34. The first kappa shape index (κ1) is 16.2. The molecule has 0 saturated carbocycles. The molecule has 0 radical (unpaired) electrons. The van der Waals surface area contributed by atoms with E-state index >= 15 is 0 Å². The van der Waals surface area contributed by atoms with Crippen molar-refractivity contribution in [2.75, 3.05) is 6.61 Å². The van der Waals surface area contributed by atoms with Gasteiger partial charge in [-0.15, -0.1) is 0 Å². The average Bonchev–Trinajstić information content (AvgIpc) is 2.85. The van der Waals surface area contributed by atoms with Gasteiger partial charge in [0.25, 0.3) is 0 Å². The summed E-state index contributed by atoms with van der Waals surface area (Å²) in [4.78, 5) is 4.35. The van der Waals surface area contributed by atoms with E-state index in [0.29, 0.717) is 6.54 Å². The molecule has 0 amide bonds. The number of hydrogen-bond acceptors (Lipinski definition) is 2. The molecule has 110 valence electrons. The maximum Gasteiger partial charge on any atom is 0.108 e. The molecule has 1 aromatic rings. The summed E-state index contributed by atoms with van der Waals surface area (Å²) < 4.78 is 2.06. The molecule has 0 aliphatic carbocycles. The van der Waals surface area contributed by atoms with Crippen LogP contribution in [0.4, 0.5) is 0 Å². The van der Waals surface area contributed by atoms with Gasteiger partial charge in [0, 0.05) is 25.4 Å². The van der Waals surface area contributed by atoms with Gasteiger partial charge in [-0.2, -0.15) is 0 Å². The van der Waals surface area contributed by atoms with Crippen LogP contribution in [0.5, 0.6) is 0 Å². The molecule has 3 nitrogen and oxygen atoms in total. The van der Waals surface area contributed by atoms with Crippen molar-refractivity contribution in [2.24, 2.45) is 0 Å². The van der Waals surface area contributed by atoms with Crippen molar-refractivity contribution in [3.8, 4) is 0 Å². The predicted molar refractivity (Wildman–Crippen MR) is 80.2 cm³/mol. The third kappa shape index (κ3) is 7.36. The summed E-state index contributed by atoms with van der Waals surface area (Å²) in [5.41, 5.74) is 0. The van der Waals surface area contributed by atoms with Crippen molar-refractivity contribution >= 4 is 0 Å². The Morgan fingerprint density at radius 1 is 1.00 bits per heavy atom. The minimum absolute atomic E-state index is 0.196. The third-order valence-electron chi connectivity index (χ3n) is 3.65. The molecule has 0 fully saturated rings. The van der Waals surface area contributed by atoms with Gasteiger partial charge in [0.2, 0.25) is 0 Å². The highest BCUT2D eigenvalue weighted by molar-refractivity contribution is 4.92. The first-order valence-electron chi connectivity index (χ1n) is 7.99. The number of aryl methyl sites for hydroxylation is 1. The van der Waals surface area contributed by atoms with E-state index in [4.69, 9.17) is 5.11 Å². The Labute approximate surface area is 118 Å². The number of aliphatic hydroxyl groups excluding tert-OH is 1. The number of unbranched alkanes of at least 4 members (excludes halogenated alkanes) is 8. The fourth-order valence-corrected chi connectivity index (χ4v) is 2.47. The highest BCUT2D eigenvalue weighted by Gasteiger charge is 2.01. The van der Waals surface area contributed by atoms with E-state index < -0.39 is 0 Å². The van der Waals surface area contributed by atoms with Crippen molar-refractivity contribution in [3.63, 3.8) is 0 Å². The lowest BCUT2D eigenvalue weighted by molar-refractivity contribution is 0.274. The van der Waals surface area contributed by atoms with E-state index in [1.165, 1.54) is 57.8 Å². The second-order valence-corrected chi connectivity index (χ2v) is 5.34. The van der Waals surface area contributed by atoms with Gasteiger partial charge in [-0.3, -0.25) is 0 Å². The van der Waals surface area contributed by atoms with Gasteiger partial charge in [0.05, 0.1) is 6.61 Å². The summed E-state index contributed by atoms with van der Waals surface area (Å²) in [5.74, 6) is 1.12. The molecule has 0 spiro atoms. The van der Waals surface area contributed by atoms with E-state index in [-0.39, 0.29) is 6.61 Å². The number of imidazole rings is 1. The van der Waals surface area contributed by atoms with Crippen LogP contribution in [0.25, 0.3) is 0 Å². The summed E-state index contributed by atoms with van der Waals surface area (Å²) in [6.07, 6.45) is 17.1. The standard InChI is InChI=1S/C16H30N2O/c1-2-3-4-5-6-7-8-9-10-11-16-17-12-13-18(16)14-15-19/h12-13,19H,2-11,14-15H2,1H3. The van der Waals surface area contributed by atoms with Crippen molar-refractivity contribution in [3.05, 3.63) is 18.2 Å². The molecule has 3 heteroatoms. The summed E-state index contributed by atoms with van der Waals surface area (Å²) in [6, 6.07) is 0. The number of aliphatic hydroxyl groups is 1. The number of aromatic nitrogens is 2. The maximum atomic E-state index is 8.94. The fraction of sp³-hybridized carbons (Fsp3) is 0.812. The molecular weight excluding hydrogens is 236 g/mol. The first-order valence-corrected chi connectivity index (χ1v) is 7.99. The monoisotopic (exact) mass is 266 g/mol. The molecule has 0 aliphatic rings. The normalized spacial score (nSPS) is 11.1. The molecule has 0 aromatic carbocycles. The fourth-order valence-electron chi connectivity index (χ4n) is 2.47. The van der Waals surface area contributed by atoms with Crippen molar-refractivity contribution in [2.45, 2.75) is 77.7 Å². The summed E-state index contributed by atoms with van der Waals surface area (Å²) in [7, 11) is 0. The molecule has 19 heavy (non-hydrogen) atoms. The molecule has 0 aliphatic heterocycles. The van der Waals surface area contributed by atoms with Crippen LogP contribution < -0.4 is 0 Å². The van der Waals surface area contributed by atoms with E-state index in [1.807, 2.05) is 12.4 Å². The highest BCUT2D eigenvalue weighted by Crippen LogP contribution is 2.11. The Morgan fingerprint density at radius 3 is 2.26 bits per heavy atom. The molecular formula is C16H30N2O. The lowest BCUT2D eigenvalue weighted by Crippen LogP contribution is -2.06. The Hall–Kier alpha value is -0.830. The van der Waals surface area contributed by atoms with Gasteiger partial charge in [0.1, 0.15) is 5.82 Å². The molecule has 0 bridgehead atoms. The molecule has 1 aromatic heterocycles. The van der Waals surface area contributed by atoms with Crippen LogP contribution >= 0.6 is 0 Å². The Morgan fingerprint density at radius 2 is 1.63 bits per heavy atom. The SMILES string of the molecule is CCCCCCCCCCCc1nccn1CCO. The van der Waals surface area contributed by atoms with Gasteiger partial charge in [-0.1, -0.05) is 58.3 Å². The maximum absolute atomic E-state index is 8.94. The zero-order valence-electron chi connectivity index (χ0n) is 12.5. The lowest BCUT2D eigenvalue weighted by Gasteiger charge is -2.05. The van der Waals surface area contributed by atoms with Gasteiger partial charge in [-0.25, -0.2) is 4.98 Å². The van der Waals surface area contributed by atoms with E-state index in [1.54, 1.807) is 0 Å². The molecule has 0 unspecified atom stereocenters. The second kappa shape index (κ2) is 11.0. The quantitative estimate of drug-likeness (QED) is 0.582. The van der Waals surface area contributed by atoms with Crippen LogP contribution in [0.2, 0.25) is 0 Å². The zero-order valence-corrected chi connectivity index (χ0v) is 12.5. The largest absolute Gasteiger partial charge is 0.395 e. The number of rotatable bonds is 12. The lowest BCUT2D eigenvalue weighted by atomic mass is 10.1. The van der Waals surface area contributed by atoms with Crippen LogP contribution in [0.15, 0.2) is 12.4 Å². The topological polar surface area (TPSA) is 38.0 Å².